The molecule has 130 valence electrons. The highest BCUT2D eigenvalue weighted by Gasteiger charge is 2.30. The quantitative estimate of drug-likeness (QED) is 0.284. The standard InChI is InChI=1S/C18H34O4/c1-4-5-6-7-8-9-10-11-12-13-14-22-18(21)16(15(2)3)17(19)20/h15-16H,4-14H2,1-3H3,(H,19,20). The summed E-state index contributed by atoms with van der Waals surface area (Å²) in [5, 5.41) is 8.99. The summed E-state index contributed by atoms with van der Waals surface area (Å²) in [6.45, 7) is 6.01. The lowest BCUT2D eigenvalue weighted by Crippen LogP contribution is -2.30. The second kappa shape index (κ2) is 13.6. The van der Waals surface area contributed by atoms with Gasteiger partial charge in [-0.05, 0) is 12.3 Å². The molecule has 0 rings (SSSR count). The van der Waals surface area contributed by atoms with Crippen molar-refractivity contribution in [3.8, 4) is 0 Å². The normalized spacial score (nSPS) is 12.4. The van der Waals surface area contributed by atoms with Gasteiger partial charge in [-0.2, -0.15) is 0 Å². The zero-order chi connectivity index (χ0) is 16.8. The van der Waals surface area contributed by atoms with E-state index in [4.69, 9.17) is 9.84 Å². The Hall–Kier alpha value is -1.06. The van der Waals surface area contributed by atoms with Crippen LogP contribution in [0.15, 0.2) is 0 Å². The SMILES string of the molecule is CCCCCCCCCCCCOC(=O)C(C(=O)O)C(C)C. The highest BCUT2D eigenvalue weighted by atomic mass is 16.5. The smallest absolute Gasteiger partial charge is 0.320 e. The lowest BCUT2D eigenvalue weighted by atomic mass is 9.96. The molecule has 4 heteroatoms. The van der Waals surface area contributed by atoms with Crippen LogP contribution in [0.25, 0.3) is 0 Å². The largest absolute Gasteiger partial charge is 0.481 e. The summed E-state index contributed by atoms with van der Waals surface area (Å²) in [4.78, 5) is 22.7. The van der Waals surface area contributed by atoms with E-state index in [0.717, 1.165) is 19.3 Å². The fourth-order valence-corrected chi connectivity index (χ4v) is 2.51. The van der Waals surface area contributed by atoms with Gasteiger partial charge in [0, 0.05) is 0 Å². The zero-order valence-electron chi connectivity index (χ0n) is 14.6. The number of esters is 1. The molecule has 0 saturated heterocycles. The van der Waals surface area contributed by atoms with E-state index in [2.05, 4.69) is 6.92 Å². The van der Waals surface area contributed by atoms with Crippen LogP contribution in [-0.2, 0) is 14.3 Å². The Morgan fingerprint density at radius 1 is 0.864 bits per heavy atom. The van der Waals surface area contributed by atoms with Crippen LogP contribution in [0.1, 0.15) is 85.0 Å². The number of carbonyl (C=O) groups is 2. The summed E-state index contributed by atoms with van der Waals surface area (Å²) in [6, 6.07) is 0. The molecule has 0 saturated carbocycles. The Kier molecular flexibility index (Phi) is 12.9. The first kappa shape index (κ1) is 20.9. The number of hydrogen-bond donors (Lipinski definition) is 1. The van der Waals surface area contributed by atoms with Crippen molar-refractivity contribution in [1.82, 2.24) is 0 Å². The summed E-state index contributed by atoms with van der Waals surface area (Å²) in [5.74, 6) is -2.97. The Morgan fingerprint density at radius 3 is 1.73 bits per heavy atom. The van der Waals surface area contributed by atoms with Gasteiger partial charge in [0.2, 0.25) is 0 Å². The van der Waals surface area contributed by atoms with Crippen molar-refractivity contribution in [3.63, 3.8) is 0 Å². The third-order valence-corrected chi connectivity index (χ3v) is 3.93. The number of carbonyl (C=O) groups excluding carboxylic acids is 1. The first-order valence-corrected chi connectivity index (χ1v) is 8.90. The van der Waals surface area contributed by atoms with Gasteiger partial charge in [0.05, 0.1) is 6.61 Å². The molecule has 0 aliphatic rings. The Bertz CT molecular complexity index is 299. The zero-order valence-corrected chi connectivity index (χ0v) is 14.6. The molecule has 0 aromatic carbocycles. The van der Waals surface area contributed by atoms with Gasteiger partial charge in [0.15, 0.2) is 5.92 Å². The van der Waals surface area contributed by atoms with Crippen LogP contribution in [0.3, 0.4) is 0 Å². The molecule has 1 atom stereocenters. The number of hydrogen-bond acceptors (Lipinski definition) is 3. The molecule has 0 radical (unpaired) electrons. The molecule has 0 aromatic rings. The van der Waals surface area contributed by atoms with Crippen molar-refractivity contribution in [2.24, 2.45) is 11.8 Å². The van der Waals surface area contributed by atoms with Crippen molar-refractivity contribution in [3.05, 3.63) is 0 Å². The third kappa shape index (κ3) is 10.6. The Balaban J connectivity index is 3.49. The van der Waals surface area contributed by atoms with Crippen molar-refractivity contribution in [2.75, 3.05) is 6.61 Å². The van der Waals surface area contributed by atoms with E-state index in [-0.39, 0.29) is 5.92 Å². The first-order valence-electron chi connectivity index (χ1n) is 8.90. The number of ether oxygens (including phenoxy) is 1. The topological polar surface area (TPSA) is 63.6 Å². The Morgan fingerprint density at radius 2 is 1.32 bits per heavy atom. The molecule has 0 heterocycles. The number of aliphatic carboxylic acids is 1. The maximum absolute atomic E-state index is 11.7. The molecule has 0 aliphatic carbocycles. The monoisotopic (exact) mass is 314 g/mol. The lowest BCUT2D eigenvalue weighted by molar-refractivity contribution is -0.160. The number of carboxylic acid groups (broad SMARTS) is 1. The molecule has 1 N–H and O–H groups in total. The predicted octanol–water partition coefficient (Wildman–Crippen LogP) is 4.81. The molecule has 0 amide bonds. The van der Waals surface area contributed by atoms with Gasteiger partial charge >= 0.3 is 11.9 Å². The molecule has 0 aromatic heterocycles. The van der Waals surface area contributed by atoms with E-state index in [0.29, 0.717) is 6.61 Å². The highest BCUT2D eigenvalue weighted by Crippen LogP contribution is 2.14. The van der Waals surface area contributed by atoms with Crippen LogP contribution in [0, 0.1) is 11.8 Å². The molecule has 0 fully saturated rings. The van der Waals surface area contributed by atoms with Gasteiger partial charge in [0.25, 0.3) is 0 Å². The average Bonchev–Trinajstić information content (AvgIpc) is 2.44. The predicted molar refractivity (Wildman–Crippen MR) is 88.8 cm³/mol. The van der Waals surface area contributed by atoms with Crippen molar-refractivity contribution < 1.29 is 19.4 Å². The van der Waals surface area contributed by atoms with Crippen molar-refractivity contribution >= 4 is 11.9 Å². The minimum atomic E-state index is -1.09. The fourth-order valence-electron chi connectivity index (χ4n) is 2.51. The molecule has 0 bridgehead atoms. The van der Waals surface area contributed by atoms with E-state index in [1.807, 2.05) is 0 Å². The van der Waals surface area contributed by atoms with Gasteiger partial charge in [-0.15, -0.1) is 0 Å². The van der Waals surface area contributed by atoms with E-state index in [9.17, 15) is 9.59 Å². The van der Waals surface area contributed by atoms with E-state index >= 15 is 0 Å². The third-order valence-electron chi connectivity index (χ3n) is 3.93. The van der Waals surface area contributed by atoms with E-state index in [1.54, 1.807) is 13.8 Å². The summed E-state index contributed by atoms with van der Waals surface area (Å²) < 4.78 is 5.08. The van der Waals surface area contributed by atoms with Crippen LogP contribution in [0.2, 0.25) is 0 Å². The van der Waals surface area contributed by atoms with Gasteiger partial charge in [-0.25, -0.2) is 0 Å². The van der Waals surface area contributed by atoms with Gasteiger partial charge in [-0.3, -0.25) is 9.59 Å². The maximum atomic E-state index is 11.7. The Labute approximate surface area is 135 Å². The lowest BCUT2D eigenvalue weighted by Gasteiger charge is -2.14. The van der Waals surface area contributed by atoms with E-state index in [1.165, 1.54) is 44.9 Å². The van der Waals surface area contributed by atoms with Crippen LogP contribution >= 0.6 is 0 Å². The fraction of sp³-hybridized carbons (Fsp3) is 0.889. The summed E-state index contributed by atoms with van der Waals surface area (Å²) >= 11 is 0. The van der Waals surface area contributed by atoms with Gasteiger partial charge in [0.1, 0.15) is 0 Å². The van der Waals surface area contributed by atoms with Crippen LogP contribution < -0.4 is 0 Å². The number of unbranched alkanes of at least 4 members (excludes halogenated alkanes) is 9. The van der Waals surface area contributed by atoms with Gasteiger partial charge < -0.3 is 9.84 Å². The van der Waals surface area contributed by atoms with Crippen molar-refractivity contribution in [2.45, 2.75) is 85.0 Å². The number of rotatable bonds is 14. The summed E-state index contributed by atoms with van der Waals surface area (Å²) in [5.41, 5.74) is 0. The van der Waals surface area contributed by atoms with Crippen molar-refractivity contribution in [1.29, 1.82) is 0 Å². The second-order valence-electron chi connectivity index (χ2n) is 6.41. The second-order valence-corrected chi connectivity index (χ2v) is 6.41. The van der Waals surface area contributed by atoms with Gasteiger partial charge in [-0.1, -0.05) is 78.6 Å². The molecular formula is C18H34O4. The highest BCUT2D eigenvalue weighted by molar-refractivity contribution is 5.94. The molecule has 4 nitrogen and oxygen atoms in total. The summed E-state index contributed by atoms with van der Waals surface area (Å²) in [6.07, 6.45) is 12.2. The number of carboxylic acids is 1. The first-order chi connectivity index (χ1) is 10.5. The molecule has 0 aliphatic heterocycles. The van der Waals surface area contributed by atoms with Crippen LogP contribution in [-0.4, -0.2) is 23.7 Å². The molecule has 0 spiro atoms. The van der Waals surface area contributed by atoms with E-state index < -0.39 is 17.9 Å². The minimum absolute atomic E-state index is 0.238. The molecular weight excluding hydrogens is 280 g/mol. The van der Waals surface area contributed by atoms with Crippen LogP contribution in [0.4, 0.5) is 0 Å². The minimum Gasteiger partial charge on any atom is -0.481 e. The maximum Gasteiger partial charge on any atom is 0.320 e. The summed E-state index contributed by atoms with van der Waals surface area (Å²) in [7, 11) is 0. The molecule has 1 unspecified atom stereocenters. The van der Waals surface area contributed by atoms with Crippen LogP contribution in [0.5, 0.6) is 0 Å². The molecule has 22 heavy (non-hydrogen) atoms. The average molecular weight is 314 g/mol.